The van der Waals surface area contributed by atoms with E-state index in [1.165, 1.54) is 12.8 Å². The van der Waals surface area contributed by atoms with Gasteiger partial charge in [-0.3, -0.25) is 4.79 Å². The summed E-state index contributed by atoms with van der Waals surface area (Å²) in [5, 5.41) is 6.06. The lowest BCUT2D eigenvalue weighted by Gasteiger charge is -2.32. The van der Waals surface area contributed by atoms with Crippen molar-refractivity contribution in [3.8, 4) is 0 Å². The van der Waals surface area contributed by atoms with E-state index in [1.807, 2.05) is 30.3 Å². The van der Waals surface area contributed by atoms with Crippen molar-refractivity contribution in [3.05, 3.63) is 30.3 Å². The predicted molar refractivity (Wildman–Crippen MR) is 90.2 cm³/mol. The SMILES string of the molecule is O=C(NC1CCCC1)[C@H]1CCCN(C(=O)Nc2ccccc2)C1. The van der Waals surface area contributed by atoms with Gasteiger partial charge in [-0.15, -0.1) is 0 Å². The Labute approximate surface area is 137 Å². The average Bonchev–Trinajstić information content (AvgIpc) is 3.09. The van der Waals surface area contributed by atoms with Crippen LogP contribution in [0.25, 0.3) is 0 Å². The van der Waals surface area contributed by atoms with Crippen molar-refractivity contribution in [2.45, 2.75) is 44.6 Å². The average molecular weight is 315 g/mol. The van der Waals surface area contributed by atoms with Crippen molar-refractivity contribution < 1.29 is 9.59 Å². The Hall–Kier alpha value is -2.04. The maximum absolute atomic E-state index is 12.4. The molecule has 0 spiro atoms. The van der Waals surface area contributed by atoms with E-state index >= 15 is 0 Å². The molecule has 1 atom stereocenters. The molecule has 2 aliphatic rings. The number of amides is 3. The number of nitrogens with zero attached hydrogens (tertiary/aromatic N) is 1. The number of rotatable bonds is 3. The zero-order chi connectivity index (χ0) is 16.1. The fourth-order valence-corrected chi connectivity index (χ4v) is 3.49. The molecule has 1 aliphatic carbocycles. The maximum atomic E-state index is 12.4. The molecular weight excluding hydrogens is 290 g/mol. The Bertz CT molecular complexity index is 540. The molecule has 2 fully saturated rings. The van der Waals surface area contributed by atoms with Crippen LogP contribution in [0.2, 0.25) is 0 Å². The summed E-state index contributed by atoms with van der Waals surface area (Å²) in [7, 11) is 0. The number of likely N-dealkylation sites (tertiary alicyclic amines) is 1. The normalized spacial score (nSPS) is 21.9. The Morgan fingerprint density at radius 2 is 1.74 bits per heavy atom. The lowest BCUT2D eigenvalue weighted by Crippen LogP contribution is -2.48. The molecule has 0 aromatic heterocycles. The van der Waals surface area contributed by atoms with E-state index in [9.17, 15) is 9.59 Å². The maximum Gasteiger partial charge on any atom is 0.321 e. The highest BCUT2D eigenvalue weighted by Gasteiger charge is 2.30. The minimum Gasteiger partial charge on any atom is -0.353 e. The van der Waals surface area contributed by atoms with Crippen molar-refractivity contribution in [2.24, 2.45) is 5.92 Å². The highest BCUT2D eigenvalue weighted by Crippen LogP contribution is 2.21. The number of para-hydroxylation sites is 1. The van der Waals surface area contributed by atoms with Crippen molar-refractivity contribution in [1.82, 2.24) is 10.2 Å². The van der Waals surface area contributed by atoms with E-state index in [2.05, 4.69) is 10.6 Å². The zero-order valence-corrected chi connectivity index (χ0v) is 13.5. The van der Waals surface area contributed by atoms with Gasteiger partial charge in [-0.25, -0.2) is 4.79 Å². The first-order chi connectivity index (χ1) is 11.2. The monoisotopic (exact) mass is 315 g/mol. The van der Waals surface area contributed by atoms with Crippen molar-refractivity contribution in [2.75, 3.05) is 18.4 Å². The highest BCUT2D eigenvalue weighted by atomic mass is 16.2. The molecule has 1 aromatic carbocycles. The van der Waals surface area contributed by atoms with Gasteiger partial charge in [0, 0.05) is 24.8 Å². The number of urea groups is 1. The van der Waals surface area contributed by atoms with Crippen molar-refractivity contribution in [1.29, 1.82) is 0 Å². The van der Waals surface area contributed by atoms with Crippen LogP contribution in [0.3, 0.4) is 0 Å². The van der Waals surface area contributed by atoms with E-state index in [-0.39, 0.29) is 17.9 Å². The van der Waals surface area contributed by atoms with Gasteiger partial charge in [0.15, 0.2) is 0 Å². The smallest absolute Gasteiger partial charge is 0.321 e. The van der Waals surface area contributed by atoms with Gasteiger partial charge in [-0.1, -0.05) is 31.0 Å². The number of nitrogens with one attached hydrogen (secondary N) is 2. The van der Waals surface area contributed by atoms with Gasteiger partial charge >= 0.3 is 6.03 Å². The van der Waals surface area contributed by atoms with Gasteiger partial charge < -0.3 is 15.5 Å². The number of hydrogen-bond donors (Lipinski definition) is 2. The number of piperidine rings is 1. The second-order valence-corrected chi connectivity index (χ2v) is 6.57. The number of carbonyl (C=O) groups is 2. The molecular formula is C18H25N3O2. The Kier molecular flexibility index (Phi) is 5.16. The first-order valence-electron chi connectivity index (χ1n) is 8.64. The van der Waals surface area contributed by atoms with Crippen LogP contribution in [0.15, 0.2) is 30.3 Å². The third-order valence-electron chi connectivity index (χ3n) is 4.81. The zero-order valence-electron chi connectivity index (χ0n) is 13.5. The standard InChI is InChI=1S/C18H25N3O2/c22-17(19-15-10-4-5-11-15)14-7-6-12-21(13-14)18(23)20-16-8-2-1-3-9-16/h1-3,8-9,14-15H,4-7,10-13H2,(H,19,22)(H,20,23)/t14-/m0/s1. The first-order valence-corrected chi connectivity index (χ1v) is 8.64. The van der Waals surface area contributed by atoms with E-state index < -0.39 is 0 Å². The molecule has 23 heavy (non-hydrogen) atoms. The molecule has 1 saturated carbocycles. The molecule has 1 aromatic rings. The molecule has 0 bridgehead atoms. The van der Waals surface area contributed by atoms with Crippen LogP contribution < -0.4 is 10.6 Å². The van der Waals surface area contributed by atoms with Gasteiger partial charge in [-0.2, -0.15) is 0 Å². The fraction of sp³-hybridized carbons (Fsp3) is 0.556. The van der Waals surface area contributed by atoms with E-state index in [1.54, 1.807) is 4.90 Å². The third kappa shape index (κ3) is 4.24. The highest BCUT2D eigenvalue weighted by molar-refractivity contribution is 5.90. The molecule has 5 heteroatoms. The molecule has 124 valence electrons. The van der Waals surface area contributed by atoms with E-state index in [0.29, 0.717) is 19.1 Å². The quantitative estimate of drug-likeness (QED) is 0.901. The molecule has 5 nitrogen and oxygen atoms in total. The predicted octanol–water partition coefficient (Wildman–Crippen LogP) is 2.99. The number of anilines is 1. The summed E-state index contributed by atoms with van der Waals surface area (Å²) >= 11 is 0. The summed E-state index contributed by atoms with van der Waals surface area (Å²) < 4.78 is 0. The van der Waals surface area contributed by atoms with Gasteiger partial charge in [0.1, 0.15) is 0 Å². The second-order valence-electron chi connectivity index (χ2n) is 6.57. The van der Waals surface area contributed by atoms with E-state index in [4.69, 9.17) is 0 Å². The van der Waals surface area contributed by atoms with Gasteiger partial charge in [0.2, 0.25) is 5.91 Å². The van der Waals surface area contributed by atoms with Crippen LogP contribution in [-0.4, -0.2) is 36.0 Å². The van der Waals surface area contributed by atoms with Gasteiger partial charge in [0.25, 0.3) is 0 Å². The van der Waals surface area contributed by atoms with Gasteiger partial charge in [-0.05, 0) is 37.8 Å². The van der Waals surface area contributed by atoms with Crippen LogP contribution in [0.5, 0.6) is 0 Å². The fourth-order valence-electron chi connectivity index (χ4n) is 3.49. The van der Waals surface area contributed by atoms with Crippen molar-refractivity contribution >= 4 is 17.6 Å². The number of benzene rings is 1. The van der Waals surface area contributed by atoms with Crippen LogP contribution in [-0.2, 0) is 4.79 Å². The lowest BCUT2D eigenvalue weighted by atomic mass is 9.97. The minimum absolute atomic E-state index is 0.0779. The Morgan fingerprint density at radius 1 is 1.00 bits per heavy atom. The Balaban J connectivity index is 1.52. The third-order valence-corrected chi connectivity index (χ3v) is 4.81. The topological polar surface area (TPSA) is 61.4 Å². The van der Waals surface area contributed by atoms with E-state index in [0.717, 1.165) is 31.4 Å². The molecule has 3 rings (SSSR count). The van der Waals surface area contributed by atoms with Crippen molar-refractivity contribution in [3.63, 3.8) is 0 Å². The molecule has 0 radical (unpaired) electrons. The van der Waals surface area contributed by atoms with Crippen LogP contribution in [0, 0.1) is 5.92 Å². The first kappa shape index (κ1) is 15.8. The van der Waals surface area contributed by atoms with Gasteiger partial charge in [0.05, 0.1) is 5.92 Å². The summed E-state index contributed by atoms with van der Waals surface area (Å²) in [6.45, 7) is 1.23. The molecule has 3 amide bonds. The summed E-state index contributed by atoms with van der Waals surface area (Å²) in [6.07, 6.45) is 6.36. The molecule has 0 unspecified atom stereocenters. The second kappa shape index (κ2) is 7.49. The van der Waals surface area contributed by atoms with Crippen LogP contribution in [0.4, 0.5) is 10.5 Å². The number of hydrogen-bond acceptors (Lipinski definition) is 2. The largest absolute Gasteiger partial charge is 0.353 e. The summed E-state index contributed by atoms with van der Waals surface area (Å²) in [4.78, 5) is 26.5. The summed E-state index contributed by atoms with van der Waals surface area (Å²) in [6, 6.07) is 9.66. The summed E-state index contributed by atoms with van der Waals surface area (Å²) in [5.41, 5.74) is 0.787. The molecule has 1 saturated heterocycles. The molecule has 1 aliphatic heterocycles. The number of carbonyl (C=O) groups excluding carboxylic acids is 2. The minimum atomic E-state index is -0.116. The summed E-state index contributed by atoms with van der Waals surface area (Å²) in [5.74, 6) is 0.0417. The van der Waals surface area contributed by atoms with Crippen LogP contribution >= 0.6 is 0 Å². The lowest BCUT2D eigenvalue weighted by molar-refractivity contribution is -0.126. The Morgan fingerprint density at radius 3 is 2.48 bits per heavy atom. The molecule has 1 heterocycles. The molecule has 2 N–H and O–H groups in total. The van der Waals surface area contributed by atoms with Crippen LogP contribution in [0.1, 0.15) is 38.5 Å².